The summed E-state index contributed by atoms with van der Waals surface area (Å²) >= 11 is 2.83. The number of aromatic nitrogens is 3. The number of nitrogens with two attached hydrogens (primary N) is 1. The van der Waals surface area contributed by atoms with Crippen molar-refractivity contribution in [3.8, 4) is 0 Å². The van der Waals surface area contributed by atoms with E-state index in [1.165, 1.54) is 10.9 Å². The highest BCUT2D eigenvalue weighted by Gasteiger charge is 2.56. The van der Waals surface area contributed by atoms with Crippen molar-refractivity contribution < 1.29 is 19.3 Å². The second kappa shape index (κ2) is 4.62. The average molecular weight is 347 g/mol. The fourth-order valence-corrected chi connectivity index (χ4v) is 2.92. The maximum atomic E-state index is 14.6. The lowest BCUT2D eigenvalue weighted by atomic mass is 10.1. The molecule has 0 spiro atoms. The zero-order chi connectivity index (χ0) is 14.5. The van der Waals surface area contributed by atoms with Crippen LogP contribution in [0.5, 0.6) is 0 Å². The minimum atomic E-state index is -2.24. The van der Waals surface area contributed by atoms with E-state index in [9.17, 15) is 9.50 Å². The average Bonchev–Trinajstić information content (AvgIpc) is 2.92. The van der Waals surface area contributed by atoms with Gasteiger partial charge in [0.05, 0.1) is 12.0 Å². The molecule has 1 unspecified atom stereocenters. The Morgan fingerprint density at radius 1 is 1.55 bits per heavy atom. The largest absolute Gasteiger partial charge is 0.394 e. The number of hydrogen-bond acceptors (Lipinski definition) is 6. The number of aliphatic hydroxyl groups excluding tert-OH is 2. The molecule has 7 nitrogen and oxygen atoms in total. The van der Waals surface area contributed by atoms with Crippen LogP contribution in [0, 0.1) is 0 Å². The predicted octanol–water partition coefficient (Wildman–Crippen LogP) is 0.325. The fraction of sp³-hybridized carbons (Fsp3) is 0.455. The number of ether oxygens (including phenoxy) is 1. The summed E-state index contributed by atoms with van der Waals surface area (Å²) in [6.45, 7) is -0.495. The molecule has 3 heterocycles. The first-order chi connectivity index (χ1) is 9.46. The Balaban J connectivity index is 2.10. The second-order valence-corrected chi connectivity index (χ2v) is 5.76. The number of aliphatic hydroxyl groups is 2. The maximum absolute atomic E-state index is 14.6. The molecule has 2 aromatic rings. The number of nitrogens with zero attached hydrogens (tertiary/aromatic N) is 3. The Morgan fingerprint density at radius 3 is 2.95 bits per heavy atom. The first-order valence-corrected chi connectivity index (χ1v) is 6.65. The van der Waals surface area contributed by atoms with Crippen LogP contribution < -0.4 is 5.73 Å². The van der Waals surface area contributed by atoms with Gasteiger partial charge in [0.2, 0.25) is 4.58 Å². The SMILES string of the molecule is Nc1ncnc2c1ccn2[C@@H]1O[C@H](CO)C(O)[C@]1(F)Br. The number of anilines is 1. The van der Waals surface area contributed by atoms with E-state index in [1.807, 2.05) is 0 Å². The van der Waals surface area contributed by atoms with Gasteiger partial charge < -0.3 is 25.3 Å². The highest BCUT2D eigenvalue weighted by Crippen LogP contribution is 2.47. The monoisotopic (exact) mass is 346 g/mol. The van der Waals surface area contributed by atoms with Gasteiger partial charge in [0.25, 0.3) is 0 Å². The molecule has 1 saturated heterocycles. The van der Waals surface area contributed by atoms with Crippen LogP contribution in [0.25, 0.3) is 11.0 Å². The lowest BCUT2D eigenvalue weighted by Crippen LogP contribution is -2.37. The van der Waals surface area contributed by atoms with Crippen molar-refractivity contribution in [1.82, 2.24) is 14.5 Å². The van der Waals surface area contributed by atoms with Crippen LogP contribution in [-0.2, 0) is 4.74 Å². The Labute approximate surface area is 121 Å². The van der Waals surface area contributed by atoms with E-state index >= 15 is 0 Å². The first-order valence-electron chi connectivity index (χ1n) is 5.86. The normalized spacial score (nSPS) is 33.9. The van der Waals surface area contributed by atoms with Crippen molar-refractivity contribution in [1.29, 1.82) is 0 Å². The zero-order valence-electron chi connectivity index (χ0n) is 10.1. The number of rotatable bonds is 2. The highest BCUT2D eigenvalue weighted by atomic mass is 79.9. The van der Waals surface area contributed by atoms with E-state index in [1.54, 1.807) is 12.3 Å². The Bertz CT molecular complexity index is 650. The van der Waals surface area contributed by atoms with E-state index in [4.69, 9.17) is 15.6 Å². The standard InChI is InChI=1S/C11H12BrFN4O3/c12-11(13)7(19)6(3-18)20-10(11)17-2-1-5-8(14)15-4-16-9(5)17/h1-2,4,6-7,10,18-19H,3H2,(H2,14,15,16)/t6-,7?,10-,11-/m1/s1. The van der Waals surface area contributed by atoms with Crippen LogP contribution in [-0.4, -0.2) is 48.1 Å². The molecule has 0 saturated carbocycles. The molecule has 2 aromatic heterocycles. The van der Waals surface area contributed by atoms with Gasteiger partial charge in [0, 0.05) is 6.20 Å². The molecule has 1 aliphatic rings. The molecule has 0 radical (unpaired) electrons. The lowest BCUT2D eigenvalue weighted by molar-refractivity contribution is -0.0470. The minimum absolute atomic E-state index is 0.269. The molecule has 0 bridgehead atoms. The lowest BCUT2D eigenvalue weighted by Gasteiger charge is -2.23. The summed E-state index contributed by atoms with van der Waals surface area (Å²) in [4.78, 5) is 7.90. The van der Waals surface area contributed by atoms with E-state index < -0.39 is 29.6 Å². The van der Waals surface area contributed by atoms with Gasteiger partial charge in [0.1, 0.15) is 30.0 Å². The summed E-state index contributed by atoms with van der Waals surface area (Å²) in [6.07, 6.45) is -0.906. The summed E-state index contributed by atoms with van der Waals surface area (Å²) < 4.78 is 19.2. The van der Waals surface area contributed by atoms with Gasteiger partial charge in [-0.25, -0.2) is 14.4 Å². The smallest absolute Gasteiger partial charge is 0.237 e. The summed E-state index contributed by atoms with van der Waals surface area (Å²) in [5.74, 6) is 0.269. The molecule has 4 atom stereocenters. The van der Waals surface area contributed by atoms with Crippen LogP contribution in [0.3, 0.4) is 0 Å². The van der Waals surface area contributed by atoms with Crippen molar-refractivity contribution in [2.45, 2.75) is 23.0 Å². The molecule has 1 fully saturated rings. The van der Waals surface area contributed by atoms with Gasteiger partial charge in [-0.1, -0.05) is 0 Å². The molecule has 4 N–H and O–H groups in total. The Morgan fingerprint density at radius 2 is 2.30 bits per heavy atom. The van der Waals surface area contributed by atoms with E-state index in [-0.39, 0.29) is 5.82 Å². The van der Waals surface area contributed by atoms with Crippen LogP contribution in [0.4, 0.5) is 10.2 Å². The molecule has 0 aliphatic carbocycles. The van der Waals surface area contributed by atoms with E-state index in [0.717, 1.165) is 0 Å². The van der Waals surface area contributed by atoms with Crippen molar-refractivity contribution in [3.05, 3.63) is 18.6 Å². The van der Waals surface area contributed by atoms with Gasteiger partial charge in [-0.2, -0.15) is 0 Å². The quantitative estimate of drug-likeness (QED) is 0.676. The number of hydrogen-bond donors (Lipinski definition) is 3. The van der Waals surface area contributed by atoms with Gasteiger partial charge in [0.15, 0.2) is 6.23 Å². The number of fused-ring (bicyclic) bond motifs is 1. The van der Waals surface area contributed by atoms with Crippen LogP contribution in [0.1, 0.15) is 6.23 Å². The highest BCUT2D eigenvalue weighted by molar-refractivity contribution is 9.10. The number of alkyl halides is 2. The molecule has 1 aliphatic heterocycles. The van der Waals surface area contributed by atoms with Crippen LogP contribution >= 0.6 is 15.9 Å². The summed E-state index contributed by atoms with van der Waals surface area (Å²) in [7, 11) is 0. The molecule has 3 rings (SSSR count). The number of nitrogen functional groups attached to an aromatic ring is 1. The molecule has 9 heteroatoms. The van der Waals surface area contributed by atoms with E-state index in [0.29, 0.717) is 11.0 Å². The molecular weight excluding hydrogens is 335 g/mol. The zero-order valence-corrected chi connectivity index (χ0v) is 11.7. The summed E-state index contributed by atoms with van der Waals surface area (Å²) in [6, 6.07) is 1.63. The van der Waals surface area contributed by atoms with Crippen molar-refractivity contribution >= 4 is 32.8 Å². The van der Waals surface area contributed by atoms with Crippen molar-refractivity contribution in [2.24, 2.45) is 0 Å². The van der Waals surface area contributed by atoms with Gasteiger partial charge in [-0.15, -0.1) is 0 Å². The van der Waals surface area contributed by atoms with Gasteiger partial charge in [-0.05, 0) is 22.0 Å². The Kier molecular flexibility index (Phi) is 3.16. The molecule has 0 aromatic carbocycles. The molecule has 108 valence electrons. The van der Waals surface area contributed by atoms with Gasteiger partial charge >= 0.3 is 0 Å². The van der Waals surface area contributed by atoms with Crippen molar-refractivity contribution in [3.63, 3.8) is 0 Å². The summed E-state index contributed by atoms with van der Waals surface area (Å²) in [5.41, 5.74) is 6.10. The molecular formula is C11H12BrFN4O3. The second-order valence-electron chi connectivity index (χ2n) is 4.55. The maximum Gasteiger partial charge on any atom is 0.237 e. The Hall–Kier alpha value is -1.29. The van der Waals surface area contributed by atoms with Crippen LogP contribution in [0.15, 0.2) is 18.6 Å². The van der Waals surface area contributed by atoms with Crippen LogP contribution in [0.2, 0.25) is 0 Å². The fourth-order valence-electron chi connectivity index (χ4n) is 2.30. The molecule has 20 heavy (non-hydrogen) atoms. The third-order valence-electron chi connectivity index (χ3n) is 3.35. The minimum Gasteiger partial charge on any atom is -0.394 e. The third kappa shape index (κ3) is 1.81. The van der Waals surface area contributed by atoms with Gasteiger partial charge in [-0.3, -0.25) is 0 Å². The summed E-state index contributed by atoms with van der Waals surface area (Å²) in [5, 5.41) is 19.5. The number of halogens is 2. The molecule has 0 amide bonds. The predicted molar refractivity (Wildman–Crippen MR) is 71.7 cm³/mol. The van der Waals surface area contributed by atoms with E-state index in [2.05, 4.69) is 25.9 Å². The first kappa shape index (κ1) is 13.7. The van der Waals surface area contributed by atoms with Crippen molar-refractivity contribution in [2.75, 3.05) is 12.3 Å². The topological polar surface area (TPSA) is 106 Å². The third-order valence-corrected chi connectivity index (χ3v) is 4.21.